The zero-order chi connectivity index (χ0) is 17.2. The summed E-state index contributed by atoms with van der Waals surface area (Å²) in [5.41, 5.74) is 0.342. The molecule has 1 heterocycles. The molecule has 1 aliphatic heterocycles. The third-order valence-electron chi connectivity index (χ3n) is 5.75. The van der Waals surface area contributed by atoms with Gasteiger partial charge < -0.3 is 10.2 Å². The van der Waals surface area contributed by atoms with E-state index in [-0.39, 0.29) is 17.9 Å². The Kier molecular flexibility index (Phi) is 4.93. The van der Waals surface area contributed by atoms with Crippen molar-refractivity contribution in [1.82, 2.24) is 10.2 Å². The maximum atomic E-state index is 13.0. The molecule has 2 amide bonds. The molecule has 1 N–H and O–H groups in total. The summed E-state index contributed by atoms with van der Waals surface area (Å²) < 4.78 is 0. The predicted molar refractivity (Wildman–Crippen MR) is 94.2 cm³/mol. The molecular weight excluding hydrogens is 300 g/mol. The van der Waals surface area contributed by atoms with Gasteiger partial charge in [-0.25, -0.2) is 0 Å². The van der Waals surface area contributed by atoms with E-state index in [0.29, 0.717) is 19.4 Å². The summed E-state index contributed by atoms with van der Waals surface area (Å²) in [6, 6.07) is 10.2. The highest BCUT2D eigenvalue weighted by Crippen LogP contribution is 2.33. The van der Waals surface area contributed by atoms with Crippen LogP contribution in [0.25, 0.3) is 0 Å². The van der Waals surface area contributed by atoms with E-state index >= 15 is 0 Å². The smallest absolute Gasteiger partial charge is 0.245 e. The molecule has 1 aromatic rings. The van der Waals surface area contributed by atoms with Crippen molar-refractivity contribution >= 4 is 11.8 Å². The number of carbonyl (C=O) groups is 2. The van der Waals surface area contributed by atoms with Gasteiger partial charge >= 0.3 is 0 Å². The summed E-state index contributed by atoms with van der Waals surface area (Å²) in [5.74, 6) is 0.856. The Morgan fingerprint density at radius 1 is 1.21 bits per heavy atom. The van der Waals surface area contributed by atoms with Gasteiger partial charge in [0.15, 0.2) is 0 Å². The van der Waals surface area contributed by atoms with Gasteiger partial charge in [-0.3, -0.25) is 9.59 Å². The highest BCUT2D eigenvalue weighted by Gasteiger charge is 2.47. The Morgan fingerprint density at radius 3 is 2.54 bits per heavy atom. The van der Waals surface area contributed by atoms with Crippen molar-refractivity contribution < 1.29 is 9.59 Å². The second kappa shape index (κ2) is 6.96. The quantitative estimate of drug-likeness (QED) is 0.922. The molecular formula is C20H28N2O2. The molecule has 0 bridgehead atoms. The standard InChI is InChI=1S/C20H28N2O2/c1-15-8-10-17(11-9-15)21-19(24)20(2)13-12-18(23)22(20)14-16-6-4-3-5-7-16/h3-7,15,17H,8-14H2,1-2H3,(H,21,24). The maximum absolute atomic E-state index is 13.0. The maximum Gasteiger partial charge on any atom is 0.245 e. The van der Waals surface area contributed by atoms with Gasteiger partial charge in [0.25, 0.3) is 0 Å². The summed E-state index contributed by atoms with van der Waals surface area (Å²) in [6.45, 7) is 4.70. The fourth-order valence-electron chi connectivity index (χ4n) is 3.91. The lowest BCUT2D eigenvalue weighted by molar-refractivity contribution is -0.141. The van der Waals surface area contributed by atoms with Crippen molar-refractivity contribution in [2.24, 2.45) is 5.92 Å². The number of benzene rings is 1. The van der Waals surface area contributed by atoms with Gasteiger partial charge in [-0.05, 0) is 50.5 Å². The molecule has 2 fully saturated rings. The van der Waals surface area contributed by atoms with Gasteiger partial charge in [-0.1, -0.05) is 37.3 Å². The van der Waals surface area contributed by atoms with Crippen molar-refractivity contribution in [3.05, 3.63) is 35.9 Å². The first kappa shape index (κ1) is 17.0. The van der Waals surface area contributed by atoms with Gasteiger partial charge in [0, 0.05) is 19.0 Å². The van der Waals surface area contributed by atoms with Gasteiger partial charge in [-0.15, -0.1) is 0 Å². The minimum absolute atomic E-state index is 0.0174. The van der Waals surface area contributed by atoms with E-state index in [0.717, 1.165) is 24.3 Å². The van der Waals surface area contributed by atoms with Gasteiger partial charge in [0.1, 0.15) is 5.54 Å². The average Bonchev–Trinajstić information content (AvgIpc) is 2.87. The van der Waals surface area contributed by atoms with E-state index in [1.54, 1.807) is 4.90 Å². The Balaban J connectivity index is 1.69. The van der Waals surface area contributed by atoms with E-state index < -0.39 is 5.54 Å². The summed E-state index contributed by atoms with van der Waals surface area (Å²) >= 11 is 0. The lowest BCUT2D eigenvalue weighted by atomic mass is 9.86. The van der Waals surface area contributed by atoms with E-state index in [1.165, 1.54) is 12.8 Å². The van der Waals surface area contributed by atoms with Crippen LogP contribution >= 0.6 is 0 Å². The fourth-order valence-corrected chi connectivity index (χ4v) is 3.91. The lowest BCUT2D eigenvalue weighted by Gasteiger charge is -2.36. The van der Waals surface area contributed by atoms with Crippen molar-refractivity contribution in [1.29, 1.82) is 0 Å². The minimum atomic E-state index is -0.726. The normalized spacial score (nSPS) is 30.4. The van der Waals surface area contributed by atoms with Crippen LogP contribution in [0.2, 0.25) is 0 Å². The third-order valence-corrected chi connectivity index (χ3v) is 5.75. The Morgan fingerprint density at radius 2 is 1.88 bits per heavy atom. The molecule has 4 nitrogen and oxygen atoms in total. The lowest BCUT2D eigenvalue weighted by Crippen LogP contribution is -2.56. The molecule has 3 rings (SSSR count). The number of nitrogens with zero attached hydrogens (tertiary/aromatic N) is 1. The predicted octanol–water partition coefficient (Wildman–Crippen LogP) is 3.26. The van der Waals surface area contributed by atoms with Crippen LogP contribution in [-0.2, 0) is 16.1 Å². The second-order valence-electron chi connectivity index (χ2n) is 7.67. The van der Waals surface area contributed by atoms with E-state index in [9.17, 15) is 9.59 Å². The van der Waals surface area contributed by atoms with E-state index in [2.05, 4.69) is 12.2 Å². The molecule has 0 aromatic heterocycles. The third kappa shape index (κ3) is 3.47. The summed E-state index contributed by atoms with van der Waals surface area (Å²) in [4.78, 5) is 27.1. The molecule has 1 aliphatic carbocycles. The van der Waals surface area contributed by atoms with Gasteiger partial charge in [-0.2, -0.15) is 0 Å². The molecule has 1 saturated heterocycles. The van der Waals surface area contributed by atoms with Gasteiger partial charge in [0.2, 0.25) is 11.8 Å². The molecule has 4 heteroatoms. The molecule has 1 unspecified atom stereocenters. The Labute approximate surface area is 144 Å². The van der Waals surface area contributed by atoms with Crippen LogP contribution in [0.1, 0.15) is 57.9 Å². The topological polar surface area (TPSA) is 49.4 Å². The molecule has 0 spiro atoms. The largest absolute Gasteiger partial charge is 0.351 e. The molecule has 130 valence electrons. The van der Waals surface area contributed by atoms with Crippen molar-refractivity contribution in [3.8, 4) is 0 Å². The summed E-state index contributed by atoms with van der Waals surface area (Å²) in [5, 5.41) is 3.23. The first-order valence-corrected chi connectivity index (χ1v) is 9.14. The first-order valence-electron chi connectivity index (χ1n) is 9.14. The zero-order valence-corrected chi connectivity index (χ0v) is 14.8. The molecule has 24 heavy (non-hydrogen) atoms. The molecule has 1 atom stereocenters. The SMILES string of the molecule is CC1CCC(NC(=O)C2(C)CCC(=O)N2Cc2ccccc2)CC1. The van der Waals surface area contributed by atoms with Crippen LogP contribution in [-0.4, -0.2) is 28.3 Å². The molecule has 2 aliphatic rings. The number of amides is 2. The average molecular weight is 328 g/mol. The number of hydrogen-bond donors (Lipinski definition) is 1. The van der Waals surface area contributed by atoms with Crippen LogP contribution in [0.15, 0.2) is 30.3 Å². The van der Waals surface area contributed by atoms with Crippen molar-refractivity contribution in [2.75, 3.05) is 0 Å². The first-order chi connectivity index (χ1) is 11.5. The number of carbonyl (C=O) groups excluding carboxylic acids is 2. The molecule has 1 aromatic carbocycles. The second-order valence-corrected chi connectivity index (χ2v) is 7.67. The number of likely N-dealkylation sites (tertiary alicyclic amines) is 1. The van der Waals surface area contributed by atoms with Crippen LogP contribution in [0.5, 0.6) is 0 Å². The van der Waals surface area contributed by atoms with Crippen LogP contribution in [0.4, 0.5) is 0 Å². The van der Waals surface area contributed by atoms with Crippen LogP contribution < -0.4 is 5.32 Å². The van der Waals surface area contributed by atoms with Crippen molar-refractivity contribution in [2.45, 2.75) is 70.5 Å². The van der Waals surface area contributed by atoms with E-state index in [4.69, 9.17) is 0 Å². The summed E-state index contributed by atoms with van der Waals surface area (Å²) in [6.07, 6.45) is 5.51. The van der Waals surface area contributed by atoms with Crippen LogP contribution in [0.3, 0.4) is 0 Å². The Bertz CT molecular complexity index is 593. The zero-order valence-electron chi connectivity index (χ0n) is 14.8. The highest BCUT2D eigenvalue weighted by atomic mass is 16.2. The Hall–Kier alpha value is -1.84. The van der Waals surface area contributed by atoms with E-state index in [1.807, 2.05) is 37.3 Å². The minimum Gasteiger partial charge on any atom is -0.351 e. The molecule has 0 radical (unpaired) electrons. The monoisotopic (exact) mass is 328 g/mol. The number of nitrogens with one attached hydrogen (secondary N) is 1. The fraction of sp³-hybridized carbons (Fsp3) is 0.600. The number of rotatable bonds is 4. The highest BCUT2D eigenvalue weighted by molar-refractivity contribution is 5.94. The van der Waals surface area contributed by atoms with Gasteiger partial charge in [0.05, 0.1) is 0 Å². The van der Waals surface area contributed by atoms with Crippen LogP contribution in [0, 0.1) is 5.92 Å². The summed E-state index contributed by atoms with van der Waals surface area (Å²) in [7, 11) is 0. The van der Waals surface area contributed by atoms with Crippen molar-refractivity contribution in [3.63, 3.8) is 0 Å². The molecule has 1 saturated carbocycles. The number of hydrogen-bond acceptors (Lipinski definition) is 2.